The van der Waals surface area contributed by atoms with Crippen LogP contribution in [-0.4, -0.2) is 131 Å². The Labute approximate surface area is 376 Å². The Kier molecular flexibility index (Phi) is 17.0. The van der Waals surface area contributed by atoms with E-state index in [1.54, 1.807) is 49.1 Å². The summed E-state index contributed by atoms with van der Waals surface area (Å²) in [7, 11) is 3.86. The first-order valence-corrected chi connectivity index (χ1v) is 23.0. The standard InChI is InChI=1S/C44H57Cl2N9O6S/c1-51(2)20-10-12-38(59)53-23-24-55(39(60)28-53)41-14-13-30(62-41)15-19-48-36(57)11-8-6-4-3-5-7-9-18-47-37(58)27-54-22-17-35(50-54)31-25-33(45)43(46)44-42(31)32-26-52(40(61)29-56)21-16-34(32)49-44/h10,12-14,17,22,25,49,56H,3-9,11,15-16,18-21,23-24,26-29H2,1-2H3,(H,47,58)(H,48,57)/b12-10+. The summed E-state index contributed by atoms with van der Waals surface area (Å²) in [6, 6.07) is 7.53. The molecule has 334 valence electrons. The lowest BCUT2D eigenvalue weighted by Crippen LogP contribution is -2.51. The number of thiophene rings is 1. The third-order valence-corrected chi connectivity index (χ3v) is 13.1. The van der Waals surface area contributed by atoms with Gasteiger partial charge in [-0.3, -0.25) is 28.7 Å². The number of nitrogens with one attached hydrogen (secondary N) is 3. The molecule has 0 bridgehead atoms. The summed E-state index contributed by atoms with van der Waals surface area (Å²) >= 11 is 14.7. The lowest BCUT2D eigenvalue weighted by atomic mass is 9.99. The van der Waals surface area contributed by atoms with Crippen molar-refractivity contribution in [3.8, 4) is 11.3 Å². The zero-order valence-corrected chi connectivity index (χ0v) is 37.8. The minimum atomic E-state index is -0.551. The topological polar surface area (TPSA) is 176 Å². The monoisotopic (exact) mass is 909 g/mol. The Hall–Kier alpha value is -4.74. The zero-order chi connectivity index (χ0) is 44.2. The lowest BCUT2D eigenvalue weighted by molar-refractivity contribution is -0.135. The number of piperazine rings is 1. The molecule has 0 spiro atoms. The Bertz CT molecular complexity index is 2250. The molecule has 1 saturated heterocycles. The van der Waals surface area contributed by atoms with E-state index >= 15 is 0 Å². The highest BCUT2D eigenvalue weighted by Gasteiger charge is 2.29. The molecule has 18 heteroatoms. The van der Waals surface area contributed by atoms with Gasteiger partial charge < -0.3 is 40.3 Å². The molecule has 0 atom stereocenters. The number of fused-ring (bicyclic) bond motifs is 3. The predicted octanol–water partition coefficient (Wildman–Crippen LogP) is 5.17. The number of rotatable bonds is 21. The van der Waals surface area contributed by atoms with E-state index in [0.29, 0.717) is 86.3 Å². The second kappa shape index (κ2) is 22.6. The normalized spacial score (nSPS) is 14.4. The number of nitrogens with zero attached hydrogens (tertiary/aromatic N) is 6. The van der Waals surface area contributed by atoms with Crippen LogP contribution in [0.4, 0.5) is 5.00 Å². The minimum absolute atomic E-state index is 0.0513. The molecule has 15 nitrogen and oxygen atoms in total. The second-order valence-electron chi connectivity index (χ2n) is 16.1. The molecule has 5 amide bonds. The highest BCUT2D eigenvalue weighted by atomic mass is 35.5. The molecular formula is C44H57Cl2N9O6S. The number of hydrogen-bond donors (Lipinski definition) is 4. The van der Waals surface area contributed by atoms with Gasteiger partial charge in [-0.1, -0.05) is 61.4 Å². The molecule has 2 aliphatic rings. The number of aliphatic hydroxyl groups is 1. The van der Waals surface area contributed by atoms with Gasteiger partial charge in [0.15, 0.2) is 0 Å². The highest BCUT2D eigenvalue weighted by Crippen LogP contribution is 2.42. The van der Waals surface area contributed by atoms with Crippen LogP contribution >= 0.6 is 34.5 Å². The smallest absolute Gasteiger partial charge is 0.248 e. The van der Waals surface area contributed by atoms with Crippen LogP contribution < -0.4 is 15.5 Å². The van der Waals surface area contributed by atoms with E-state index < -0.39 is 6.61 Å². The molecule has 4 aromatic rings. The summed E-state index contributed by atoms with van der Waals surface area (Å²) in [6.45, 7) is 3.14. The van der Waals surface area contributed by atoms with Crippen LogP contribution in [0.5, 0.6) is 0 Å². The maximum absolute atomic E-state index is 12.8. The van der Waals surface area contributed by atoms with Gasteiger partial charge in [0.2, 0.25) is 29.5 Å². The van der Waals surface area contributed by atoms with Crippen molar-refractivity contribution >= 4 is 80.0 Å². The molecule has 0 saturated carbocycles. The first-order chi connectivity index (χ1) is 29.9. The van der Waals surface area contributed by atoms with Gasteiger partial charge in [0.1, 0.15) is 19.7 Å². The molecule has 62 heavy (non-hydrogen) atoms. The number of unbranched alkanes of at least 4 members (excludes halogenated alkanes) is 6. The number of hydrogen-bond acceptors (Lipinski definition) is 9. The maximum atomic E-state index is 12.8. The fraction of sp³-hybridized carbons (Fsp3) is 0.500. The van der Waals surface area contributed by atoms with Crippen molar-refractivity contribution < 1.29 is 29.1 Å². The molecule has 1 aromatic carbocycles. The van der Waals surface area contributed by atoms with E-state index in [0.717, 1.165) is 77.0 Å². The van der Waals surface area contributed by atoms with Gasteiger partial charge >= 0.3 is 0 Å². The molecule has 2 aliphatic heterocycles. The number of carbonyl (C=O) groups excluding carboxylic acids is 5. The number of benzene rings is 1. The van der Waals surface area contributed by atoms with Crippen molar-refractivity contribution in [3.63, 3.8) is 0 Å². The van der Waals surface area contributed by atoms with Crippen LogP contribution in [0.3, 0.4) is 0 Å². The first kappa shape index (κ1) is 46.8. The van der Waals surface area contributed by atoms with E-state index in [4.69, 9.17) is 23.2 Å². The number of amides is 5. The summed E-state index contributed by atoms with van der Waals surface area (Å²) in [5.74, 6) is -0.649. The number of carbonyl (C=O) groups is 5. The number of aromatic nitrogens is 3. The van der Waals surface area contributed by atoms with Crippen LogP contribution in [0.25, 0.3) is 22.2 Å². The number of likely N-dealkylation sites (N-methyl/N-ethyl adjacent to an activating group) is 1. The third-order valence-electron chi connectivity index (χ3n) is 11.1. The van der Waals surface area contributed by atoms with Crippen molar-refractivity contribution in [1.82, 2.24) is 40.1 Å². The van der Waals surface area contributed by atoms with Gasteiger partial charge in [0.25, 0.3) is 0 Å². The van der Waals surface area contributed by atoms with E-state index in [-0.39, 0.29) is 42.6 Å². The second-order valence-corrected chi connectivity index (χ2v) is 18.0. The number of H-pyrrole nitrogens is 1. The Balaban J connectivity index is 0.808. The number of halogens is 2. The quantitative estimate of drug-likeness (QED) is 0.0655. The predicted molar refractivity (Wildman–Crippen MR) is 243 cm³/mol. The number of aromatic amines is 1. The van der Waals surface area contributed by atoms with E-state index in [9.17, 15) is 29.1 Å². The fourth-order valence-corrected chi connectivity index (χ4v) is 9.24. The average Bonchev–Trinajstić information content (AvgIpc) is 4.01. The van der Waals surface area contributed by atoms with Crippen molar-refractivity contribution in [1.29, 1.82) is 0 Å². The number of aliphatic hydroxyl groups excluding tert-OH is 1. The molecule has 5 heterocycles. The Morgan fingerprint density at radius 3 is 2.45 bits per heavy atom. The van der Waals surface area contributed by atoms with Crippen LogP contribution in [0.2, 0.25) is 10.0 Å². The molecule has 0 aliphatic carbocycles. The maximum Gasteiger partial charge on any atom is 0.248 e. The summed E-state index contributed by atoms with van der Waals surface area (Å²) in [5.41, 5.74) is 3.93. The largest absolute Gasteiger partial charge is 0.387 e. The van der Waals surface area contributed by atoms with Crippen molar-refractivity contribution in [2.75, 3.05) is 71.4 Å². The first-order valence-electron chi connectivity index (χ1n) is 21.4. The van der Waals surface area contributed by atoms with Gasteiger partial charge in [-0.2, -0.15) is 5.10 Å². The van der Waals surface area contributed by atoms with Crippen molar-refractivity contribution in [3.05, 3.63) is 68.8 Å². The van der Waals surface area contributed by atoms with E-state index in [2.05, 4.69) is 20.7 Å². The van der Waals surface area contributed by atoms with Crippen LogP contribution in [0, 0.1) is 0 Å². The summed E-state index contributed by atoms with van der Waals surface area (Å²) in [4.78, 5) is 74.1. The van der Waals surface area contributed by atoms with E-state index in [1.165, 1.54) is 6.08 Å². The molecule has 6 rings (SSSR count). The third kappa shape index (κ3) is 12.5. The van der Waals surface area contributed by atoms with Crippen LogP contribution in [0.1, 0.15) is 67.5 Å². The van der Waals surface area contributed by atoms with Crippen LogP contribution in [-0.2, 0) is 49.9 Å². The van der Waals surface area contributed by atoms with Gasteiger partial charge in [0, 0.05) is 98.0 Å². The van der Waals surface area contributed by atoms with E-state index in [1.807, 2.05) is 37.2 Å². The SMILES string of the molecule is CN(C)C/C=C/C(=O)N1CCN(c2ccc(CCNC(=O)CCCCCCCCCNC(=O)Cn3ccc(-c4cc(Cl)c(Cl)c5[nH]c6c(c45)CN(C(=O)CO)CC6)n3)s2)C(=O)C1. The highest BCUT2D eigenvalue weighted by molar-refractivity contribution is 7.16. The van der Waals surface area contributed by atoms with Gasteiger partial charge in [-0.05, 0) is 57.6 Å². The minimum Gasteiger partial charge on any atom is -0.387 e. The molecule has 4 N–H and O–H groups in total. The molecule has 0 radical (unpaired) electrons. The van der Waals surface area contributed by atoms with Crippen molar-refractivity contribution in [2.45, 2.75) is 77.3 Å². The molecule has 1 fully saturated rings. The number of anilines is 1. The van der Waals surface area contributed by atoms with Gasteiger partial charge in [0.05, 0.1) is 26.3 Å². The molecule has 0 unspecified atom stereocenters. The molecule has 3 aromatic heterocycles. The zero-order valence-electron chi connectivity index (χ0n) is 35.5. The Morgan fingerprint density at radius 1 is 0.935 bits per heavy atom. The van der Waals surface area contributed by atoms with Gasteiger partial charge in [-0.15, -0.1) is 11.3 Å². The summed E-state index contributed by atoms with van der Waals surface area (Å²) < 4.78 is 1.59. The summed E-state index contributed by atoms with van der Waals surface area (Å²) in [6.07, 6.45) is 13.8. The van der Waals surface area contributed by atoms with Crippen molar-refractivity contribution in [2.24, 2.45) is 0 Å². The lowest BCUT2D eigenvalue weighted by Gasteiger charge is -2.33. The molecular weight excluding hydrogens is 854 g/mol. The van der Waals surface area contributed by atoms with Crippen LogP contribution in [0.15, 0.2) is 42.6 Å². The van der Waals surface area contributed by atoms with Gasteiger partial charge in [-0.25, -0.2) is 0 Å². The Morgan fingerprint density at radius 2 is 1.69 bits per heavy atom. The summed E-state index contributed by atoms with van der Waals surface area (Å²) in [5, 5.41) is 22.6. The fourth-order valence-electron chi connectivity index (χ4n) is 7.80. The average molecular weight is 911 g/mol.